The van der Waals surface area contributed by atoms with Crippen molar-refractivity contribution in [2.45, 2.75) is 92.9 Å². The molecule has 1 unspecified atom stereocenters. The normalized spacial score (nSPS) is 10.6. The minimum atomic E-state index is -1.50. The molecule has 0 aliphatic rings. The first-order chi connectivity index (χ1) is 21.4. The molecule has 3 nitrogen and oxygen atoms in total. The first-order valence-electron chi connectivity index (χ1n) is 17.2. The summed E-state index contributed by atoms with van der Waals surface area (Å²) >= 11 is 0. The Kier molecular flexibility index (Phi) is 55.3. The Morgan fingerprint density at radius 2 is 0.660 bits per heavy atom. The van der Waals surface area contributed by atoms with Gasteiger partial charge in [-0.05, 0) is 39.0 Å². The predicted octanol–water partition coefficient (Wildman–Crippen LogP) is 11.9. The van der Waals surface area contributed by atoms with Gasteiger partial charge in [-0.15, -0.1) is 0 Å². The van der Waals surface area contributed by atoms with E-state index >= 15 is 0 Å². The molecule has 0 amide bonds. The molecule has 0 heterocycles. The molecule has 0 saturated heterocycles. The molecule has 0 aliphatic carbocycles. The van der Waals surface area contributed by atoms with Crippen molar-refractivity contribution in [2.75, 3.05) is 37.0 Å². The summed E-state index contributed by atoms with van der Waals surface area (Å²) < 4.78 is 0. The second-order valence-electron chi connectivity index (χ2n) is 11.0. The summed E-state index contributed by atoms with van der Waals surface area (Å²) in [4.78, 5) is 20.4. The van der Waals surface area contributed by atoms with E-state index < -0.39 is 15.0 Å². The molecule has 0 aliphatic heterocycles. The summed E-state index contributed by atoms with van der Waals surface area (Å²) in [7, 11) is -2.97. The smallest absolute Gasteiger partial charge is 0.142 e. The Balaban J connectivity index is -0.000000155. The van der Waals surface area contributed by atoms with Crippen LogP contribution in [-0.4, -0.2) is 52.2 Å². The average molecular weight is 1010 g/mol. The molecule has 0 spiro atoms. The van der Waals surface area contributed by atoms with E-state index in [9.17, 15) is 9.79 Å². The van der Waals surface area contributed by atoms with Crippen LogP contribution in [0.15, 0.2) is 121 Å². The molecular formula is C40H70O3P2Yb2-6. The fourth-order valence-corrected chi connectivity index (χ4v) is 10.1. The summed E-state index contributed by atoms with van der Waals surface area (Å²) in [6.07, 6.45) is 16.1. The molecule has 4 rings (SSSR count). The van der Waals surface area contributed by atoms with Crippen molar-refractivity contribution in [3.8, 4) is 0 Å². The van der Waals surface area contributed by atoms with Crippen molar-refractivity contribution >= 4 is 15.0 Å². The molecule has 4 aromatic rings. The molecule has 1 atom stereocenters. The van der Waals surface area contributed by atoms with Gasteiger partial charge >= 0.3 is 0 Å². The van der Waals surface area contributed by atoms with Crippen molar-refractivity contribution in [1.82, 2.24) is 0 Å². The van der Waals surface area contributed by atoms with Gasteiger partial charge in [0.05, 0.1) is 37.0 Å². The van der Waals surface area contributed by atoms with Gasteiger partial charge in [-0.25, -0.2) is 36.4 Å². The minimum absolute atomic E-state index is 0. The summed E-state index contributed by atoms with van der Waals surface area (Å²) in [6, 6.07) is 40.0. The number of hydrogen-bond donors (Lipinski definition) is 2. The number of hydrogen-bond acceptors (Lipinski definition) is 2. The summed E-state index contributed by atoms with van der Waals surface area (Å²) in [5.41, 5.74) is 0. The van der Waals surface area contributed by atoms with Gasteiger partial charge in [0.15, 0.2) is 0 Å². The molecule has 47 heavy (non-hydrogen) atoms. The van der Waals surface area contributed by atoms with E-state index in [0.29, 0.717) is 0 Å². The number of unbranched alkanes of at least 4 members (excludes halogenated alkanes) is 3. The van der Waals surface area contributed by atoms with E-state index in [1.807, 2.05) is 121 Å². The third-order valence-corrected chi connectivity index (χ3v) is 14.1. The van der Waals surface area contributed by atoms with Gasteiger partial charge < -0.3 is 35.8 Å². The van der Waals surface area contributed by atoms with Crippen LogP contribution in [0, 0.1) is 93.8 Å². The van der Waals surface area contributed by atoms with Gasteiger partial charge in [0.1, 0.15) is 15.0 Å². The van der Waals surface area contributed by atoms with Crippen molar-refractivity contribution in [2.24, 2.45) is 0 Å². The van der Waals surface area contributed by atoms with Gasteiger partial charge in [0.2, 0.25) is 0 Å². The monoisotopic (exact) mass is 1010 g/mol. The van der Waals surface area contributed by atoms with E-state index in [0.717, 1.165) is 49.8 Å². The van der Waals surface area contributed by atoms with Gasteiger partial charge in [-0.3, -0.25) is 9.79 Å². The third-order valence-electron chi connectivity index (χ3n) is 6.87. The van der Waals surface area contributed by atoms with Crippen LogP contribution in [-0.2, 0) is 0 Å². The Hall–Kier alpha value is 1.18. The fourth-order valence-electron chi connectivity index (χ4n) is 4.24. The zero-order valence-electron chi connectivity index (χ0n) is 30.3. The molecule has 0 fully saturated rings. The zero-order valence-corrected chi connectivity index (χ0v) is 35.5. The topological polar surface area (TPSA) is 72.0 Å². The molecular weight excluding hydrogens is 936 g/mol. The molecule has 0 radical (unpaired) electrons. The van der Waals surface area contributed by atoms with Gasteiger partial charge in [-0.2, -0.15) is 54.6 Å². The molecule has 4 aromatic carbocycles. The van der Waals surface area contributed by atoms with Crippen molar-refractivity contribution in [3.63, 3.8) is 0 Å². The van der Waals surface area contributed by atoms with Gasteiger partial charge in [0.25, 0.3) is 0 Å². The Morgan fingerprint density at radius 3 is 0.851 bits per heavy atom. The summed E-state index contributed by atoms with van der Waals surface area (Å²) in [5, 5.41) is 0. The Bertz CT molecular complexity index is 749. The first-order valence-corrected chi connectivity index (χ1v) is 21.8. The van der Waals surface area contributed by atoms with Gasteiger partial charge in [0, 0.05) is 93.8 Å². The van der Waals surface area contributed by atoms with Crippen molar-refractivity contribution in [3.05, 3.63) is 121 Å². The second-order valence-corrected chi connectivity index (χ2v) is 18.3. The standard InChI is InChI=1S/C11H26OP.C9H22OP.4C5H5.H2O.2Yb/c1-4-7-10-13(12,9-6-3)11-8-5-2;1-4-7-9-11(10,6-3)8-5-2;4*1-2-4-5-3-1;;;/h12H,4-11H2,1-3H3;10H,4-9H2,1-3H3;4*1-5H;1H2;;/q2*+1;-5;3*-1;;;. The van der Waals surface area contributed by atoms with E-state index in [4.69, 9.17) is 0 Å². The molecule has 0 aromatic heterocycles. The Morgan fingerprint density at radius 1 is 0.404 bits per heavy atom. The van der Waals surface area contributed by atoms with Crippen LogP contribution in [0.3, 0.4) is 0 Å². The molecule has 4 N–H and O–H groups in total. The van der Waals surface area contributed by atoms with Crippen molar-refractivity contribution in [1.29, 1.82) is 0 Å². The zero-order chi connectivity index (χ0) is 33.0. The SMILES string of the molecule is CCCC[P+](O)(CC)CCC.CCCC[P+](O)(CCC)CCCC.O.[Yb].[Yb].[cH-]1[cH-][cH-][cH-][cH-]1.c1cc[cH-]c1.c1cc[cH-]c1.c1cc[cH-]c1. The maximum atomic E-state index is 10.4. The van der Waals surface area contributed by atoms with Crippen LogP contribution in [0.2, 0.25) is 0 Å². The first kappa shape index (κ1) is 57.5. The summed E-state index contributed by atoms with van der Waals surface area (Å²) in [5.74, 6) is 0. The van der Waals surface area contributed by atoms with E-state index in [-0.39, 0.29) is 99.3 Å². The minimum Gasteiger partial charge on any atom is -0.748 e. The van der Waals surface area contributed by atoms with Gasteiger partial charge in [-0.1, -0.05) is 53.9 Å². The van der Waals surface area contributed by atoms with Crippen LogP contribution in [0.25, 0.3) is 0 Å². The predicted molar refractivity (Wildman–Crippen MR) is 210 cm³/mol. The van der Waals surface area contributed by atoms with E-state index in [1.54, 1.807) is 0 Å². The molecule has 7 heteroatoms. The Labute approximate surface area is 370 Å². The molecule has 0 bridgehead atoms. The van der Waals surface area contributed by atoms with Crippen LogP contribution >= 0.6 is 15.0 Å². The maximum Gasteiger partial charge on any atom is 0.142 e. The quantitative estimate of drug-likeness (QED) is 0.0976. The van der Waals surface area contributed by atoms with Crippen LogP contribution in [0.5, 0.6) is 0 Å². The molecule has 292 valence electrons. The second kappa shape index (κ2) is 45.2. The molecule has 0 saturated carbocycles. The van der Waals surface area contributed by atoms with Crippen LogP contribution in [0.4, 0.5) is 0 Å². The number of rotatable bonds is 14. The van der Waals surface area contributed by atoms with Crippen LogP contribution in [0.1, 0.15) is 92.9 Å². The van der Waals surface area contributed by atoms with E-state index in [2.05, 4.69) is 41.5 Å². The third kappa shape index (κ3) is 43.3. The largest absolute Gasteiger partial charge is 0.748 e. The van der Waals surface area contributed by atoms with Crippen LogP contribution < -0.4 is 0 Å². The fraction of sp³-hybridized carbons (Fsp3) is 0.500. The summed E-state index contributed by atoms with van der Waals surface area (Å²) in [6.45, 7) is 13.1. The van der Waals surface area contributed by atoms with E-state index in [1.165, 1.54) is 38.5 Å². The van der Waals surface area contributed by atoms with Crippen molar-refractivity contribution < 1.29 is 109 Å². The average Bonchev–Trinajstić information content (AvgIpc) is 3.88. The maximum absolute atomic E-state index is 10.4.